The first-order valence-corrected chi connectivity index (χ1v) is 14.1. The van der Waals surface area contributed by atoms with Gasteiger partial charge in [0, 0.05) is 30.4 Å². The molecule has 2 aliphatic heterocycles. The molecular weight excluding hydrogens is 592 g/mol. The van der Waals surface area contributed by atoms with Gasteiger partial charge in [0.1, 0.15) is 17.9 Å². The number of amidine groups is 1. The van der Waals surface area contributed by atoms with Gasteiger partial charge in [-0.15, -0.1) is 11.3 Å². The molecule has 2 aliphatic rings. The fraction of sp³-hybridized carbons (Fsp3) is 0.310. The molecule has 0 bridgehead atoms. The van der Waals surface area contributed by atoms with Crippen LogP contribution in [0.5, 0.6) is 0 Å². The summed E-state index contributed by atoms with van der Waals surface area (Å²) in [5.74, 6) is -2.19. The van der Waals surface area contributed by atoms with Gasteiger partial charge in [0.25, 0.3) is 0 Å². The Morgan fingerprint density at radius 2 is 1.98 bits per heavy atom. The van der Waals surface area contributed by atoms with Crippen molar-refractivity contribution in [2.45, 2.75) is 25.2 Å². The quantitative estimate of drug-likeness (QED) is 0.277. The van der Waals surface area contributed by atoms with Gasteiger partial charge in [0.2, 0.25) is 0 Å². The number of nitrogens with one attached hydrogen (secondary N) is 1. The molecule has 1 saturated heterocycles. The number of halogens is 4. The summed E-state index contributed by atoms with van der Waals surface area (Å²) >= 11 is 1.27. The van der Waals surface area contributed by atoms with E-state index in [1.807, 2.05) is 0 Å². The number of ether oxygens (including phenoxy) is 2. The summed E-state index contributed by atoms with van der Waals surface area (Å²) in [6.07, 6.45) is -3.00. The fourth-order valence-corrected chi connectivity index (χ4v) is 5.54. The predicted octanol–water partition coefficient (Wildman–Crippen LogP) is 4.66. The first-order valence-electron chi connectivity index (χ1n) is 13.2. The molecule has 5 rings (SSSR count). The Morgan fingerprint density at radius 3 is 2.63 bits per heavy atom. The molecule has 9 nitrogen and oxygen atoms in total. The van der Waals surface area contributed by atoms with Crippen molar-refractivity contribution in [2.24, 2.45) is 4.99 Å². The Balaban J connectivity index is 1.68. The highest BCUT2D eigenvalue weighted by Crippen LogP contribution is 2.40. The second-order valence-electron chi connectivity index (χ2n) is 9.66. The van der Waals surface area contributed by atoms with Crippen molar-refractivity contribution < 1.29 is 41.7 Å². The fourth-order valence-electron chi connectivity index (χ4n) is 4.96. The molecule has 3 heterocycles. The maximum absolute atomic E-state index is 14.6. The SMILES string of the molecule is CCOC(=O)C1=C(CN2CCOC[C@H]2C(=O)O)NC(c2nccs2)=NC1c1ccc(F)cc1-c1ccc(C(F)(F)F)cc1. The zero-order chi connectivity index (χ0) is 30.7. The van der Waals surface area contributed by atoms with Crippen LogP contribution in [0.1, 0.15) is 29.1 Å². The van der Waals surface area contributed by atoms with Crippen LogP contribution in [0.3, 0.4) is 0 Å². The Hall–Kier alpha value is -4.14. The molecule has 1 unspecified atom stereocenters. The zero-order valence-electron chi connectivity index (χ0n) is 22.7. The molecule has 43 heavy (non-hydrogen) atoms. The van der Waals surface area contributed by atoms with E-state index in [1.54, 1.807) is 23.4 Å². The first kappa shape index (κ1) is 30.3. The van der Waals surface area contributed by atoms with Crippen LogP contribution in [0, 0.1) is 5.82 Å². The standard InChI is InChI=1S/C29H26F4N4O5S/c1-2-42-28(40)23-21(14-37-10-11-41-15-22(37)27(38)39)35-25(26-34-9-12-43-26)36-24(23)19-8-7-18(30)13-20(19)16-3-5-17(6-4-16)29(31,32)33/h3-9,12-13,22,24H,2,10-11,14-15H2,1H3,(H,35,36)(H,38,39)/t22-,24?/m0/s1. The van der Waals surface area contributed by atoms with Gasteiger partial charge in [-0.05, 0) is 47.9 Å². The number of benzene rings is 2. The highest BCUT2D eigenvalue weighted by atomic mass is 32.1. The van der Waals surface area contributed by atoms with Gasteiger partial charge in [0.05, 0.1) is 31.0 Å². The second-order valence-corrected chi connectivity index (χ2v) is 10.6. The largest absolute Gasteiger partial charge is 0.480 e. The number of thiazole rings is 1. The first-order chi connectivity index (χ1) is 20.6. The monoisotopic (exact) mass is 618 g/mol. The molecule has 0 radical (unpaired) electrons. The van der Waals surface area contributed by atoms with E-state index in [4.69, 9.17) is 14.5 Å². The van der Waals surface area contributed by atoms with E-state index in [1.165, 1.54) is 41.7 Å². The van der Waals surface area contributed by atoms with E-state index < -0.39 is 41.6 Å². The Morgan fingerprint density at radius 1 is 1.21 bits per heavy atom. The number of hydrogen-bond donors (Lipinski definition) is 2. The lowest BCUT2D eigenvalue weighted by molar-refractivity contribution is -0.149. The van der Waals surface area contributed by atoms with Crippen LogP contribution >= 0.6 is 11.3 Å². The van der Waals surface area contributed by atoms with E-state index in [2.05, 4.69) is 10.3 Å². The summed E-state index contributed by atoms with van der Waals surface area (Å²) in [4.78, 5) is 36.3. The molecule has 0 amide bonds. The third-order valence-electron chi connectivity index (χ3n) is 6.98. The lowest BCUT2D eigenvalue weighted by atomic mass is 9.88. The van der Waals surface area contributed by atoms with Crippen LogP contribution in [0.15, 0.2) is 70.3 Å². The van der Waals surface area contributed by atoms with Crippen LogP contribution in [0.2, 0.25) is 0 Å². The van der Waals surface area contributed by atoms with E-state index in [-0.39, 0.29) is 55.4 Å². The number of hydrogen-bond acceptors (Lipinski definition) is 9. The maximum Gasteiger partial charge on any atom is 0.416 e. The minimum absolute atomic E-state index is 0.0216. The molecule has 2 atom stereocenters. The lowest BCUT2D eigenvalue weighted by Gasteiger charge is -2.35. The molecule has 0 saturated carbocycles. The molecule has 2 aromatic carbocycles. The molecule has 0 aliphatic carbocycles. The summed E-state index contributed by atoms with van der Waals surface area (Å²) in [5.41, 5.74) is 0.314. The zero-order valence-corrected chi connectivity index (χ0v) is 23.5. The molecule has 14 heteroatoms. The smallest absolute Gasteiger partial charge is 0.416 e. The summed E-state index contributed by atoms with van der Waals surface area (Å²) in [5, 5.41) is 15.2. The van der Waals surface area contributed by atoms with E-state index in [9.17, 15) is 32.3 Å². The van der Waals surface area contributed by atoms with Crippen LogP contribution in [0.4, 0.5) is 17.6 Å². The molecule has 226 valence electrons. The molecule has 0 spiro atoms. The summed E-state index contributed by atoms with van der Waals surface area (Å²) in [7, 11) is 0. The number of aliphatic carboxylic acids is 1. The van der Waals surface area contributed by atoms with Crippen LogP contribution in [-0.4, -0.2) is 71.7 Å². The Labute approximate surface area is 247 Å². The third-order valence-corrected chi connectivity index (χ3v) is 7.75. The predicted molar refractivity (Wildman–Crippen MR) is 149 cm³/mol. The number of rotatable bonds is 8. The molecule has 1 aromatic heterocycles. The highest BCUT2D eigenvalue weighted by molar-refractivity contribution is 7.11. The number of alkyl halides is 3. The number of nitrogens with zero attached hydrogens (tertiary/aromatic N) is 3. The average Bonchev–Trinajstić information content (AvgIpc) is 3.52. The van der Waals surface area contributed by atoms with Crippen LogP contribution < -0.4 is 5.32 Å². The molecule has 1 fully saturated rings. The van der Waals surface area contributed by atoms with Crippen molar-refractivity contribution in [1.29, 1.82) is 0 Å². The van der Waals surface area contributed by atoms with Gasteiger partial charge >= 0.3 is 18.1 Å². The van der Waals surface area contributed by atoms with Crippen molar-refractivity contribution in [2.75, 3.05) is 32.9 Å². The number of carbonyl (C=O) groups excluding carboxylic acids is 1. The molecular formula is C29H26F4N4O5S. The van der Waals surface area contributed by atoms with Crippen LogP contribution in [0.25, 0.3) is 11.1 Å². The minimum atomic E-state index is -4.56. The van der Waals surface area contributed by atoms with Crippen molar-refractivity contribution in [3.63, 3.8) is 0 Å². The normalized spacial score (nSPS) is 19.5. The minimum Gasteiger partial charge on any atom is -0.480 e. The third kappa shape index (κ3) is 6.60. The van der Waals surface area contributed by atoms with Crippen molar-refractivity contribution in [3.05, 3.63) is 87.3 Å². The van der Waals surface area contributed by atoms with Gasteiger partial charge in [-0.2, -0.15) is 13.2 Å². The molecule has 3 aromatic rings. The van der Waals surface area contributed by atoms with Crippen molar-refractivity contribution in [3.8, 4) is 11.1 Å². The van der Waals surface area contributed by atoms with Crippen molar-refractivity contribution in [1.82, 2.24) is 15.2 Å². The number of esters is 1. The average molecular weight is 619 g/mol. The maximum atomic E-state index is 14.6. The second kappa shape index (κ2) is 12.6. The summed E-state index contributed by atoms with van der Waals surface area (Å²) in [6, 6.07) is 5.94. The van der Waals surface area contributed by atoms with Gasteiger partial charge < -0.3 is 19.9 Å². The lowest BCUT2D eigenvalue weighted by Crippen LogP contribution is -2.52. The number of morpholine rings is 1. The van der Waals surface area contributed by atoms with Gasteiger partial charge in [-0.3, -0.25) is 14.7 Å². The van der Waals surface area contributed by atoms with E-state index in [0.29, 0.717) is 16.3 Å². The Kier molecular flexibility index (Phi) is 8.89. The number of carboxylic acid groups (broad SMARTS) is 1. The number of aliphatic imine (C=N–C) groups is 1. The molecule has 2 N–H and O–H groups in total. The summed E-state index contributed by atoms with van der Waals surface area (Å²) < 4.78 is 65.2. The number of carboxylic acids is 1. The highest BCUT2D eigenvalue weighted by Gasteiger charge is 2.37. The summed E-state index contributed by atoms with van der Waals surface area (Å²) in [6.45, 7) is 2.12. The van der Waals surface area contributed by atoms with Gasteiger partial charge in [-0.1, -0.05) is 18.2 Å². The number of aromatic nitrogens is 1. The van der Waals surface area contributed by atoms with Crippen LogP contribution in [-0.2, 0) is 25.2 Å². The van der Waals surface area contributed by atoms with E-state index >= 15 is 0 Å². The van der Waals surface area contributed by atoms with Gasteiger partial charge in [-0.25, -0.2) is 14.2 Å². The topological polar surface area (TPSA) is 113 Å². The van der Waals surface area contributed by atoms with Crippen molar-refractivity contribution >= 4 is 29.1 Å². The van der Waals surface area contributed by atoms with Gasteiger partial charge in [0.15, 0.2) is 10.8 Å². The Bertz CT molecular complexity index is 1560. The van der Waals surface area contributed by atoms with E-state index in [0.717, 1.165) is 12.1 Å². The number of carbonyl (C=O) groups is 2.